The first-order valence-corrected chi connectivity index (χ1v) is 7.32. The van der Waals surface area contributed by atoms with Crippen molar-refractivity contribution in [1.82, 2.24) is 4.98 Å². The van der Waals surface area contributed by atoms with Crippen LogP contribution in [0.4, 0.5) is 5.69 Å². The number of carbonyl (C=O) groups is 1. The van der Waals surface area contributed by atoms with E-state index in [1.807, 2.05) is 42.6 Å². The molecule has 2 aromatic rings. The number of nitrogens with zero attached hydrogens (tertiary/aromatic N) is 2. The number of carbonyl (C=O) groups excluding carboxylic acids is 1. The molecule has 1 unspecified atom stereocenters. The van der Waals surface area contributed by atoms with Crippen LogP contribution in [0.5, 0.6) is 0 Å². The van der Waals surface area contributed by atoms with Crippen LogP contribution >= 0.6 is 11.8 Å². The van der Waals surface area contributed by atoms with E-state index in [0.717, 1.165) is 11.3 Å². The summed E-state index contributed by atoms with van der Waals surface area (Å²) in [4.78, 5) is 18.0. The second kappa shape index (κ2) is 5.51. The van der Waals surface area contributed by atoms with E-state index in [0.29, 0.717) is 0 Å². The van der Waals surface area contributed by atoms with E-state index in [9.17, 15) is 4.79 Å². The van der Waals surface area contributed by atoms with Crippen molar-refractivity contribution in [2.24, 2.45) is 0 Å². The van der Waals surface area contributed by atoms with Crippen LogP contribution in [0.3, 0.4) is 0 Å². The van der Waals surface area contributed by atoms with Gasteiger partial charge in [-0.2, -0.15) is 0 Å². The largest absolute Gasteiger partial charge is 0.330 e. The van der Waals surface area contributed by atoms with Gasteiger partial charge >= 0.3 is 0 Å². The third kappa shape index (κ3) is 2.34. The predicted molar refractivity (Wildman–Crippen MR) is 82.6 cm³/mol. The van der Waals surface area contributed by atoms with Crippen LogP contribution in [0, 0.1) is 0 Å². The number of para-hydroxylation sites is 1. The maximum Gasteiger partial charge on any atom is 0.161 e. The van der Waals surface area contributed by atoms with Gasteiger partial charge in [0.2, 0.25) is 0 Å². The van der Waals surface area contributed by atoms with E-state index < -0.39 is 0 Å². The Balaban J connectivity index is 2.01. The van der Waals surface area contributed by atoms with E-state index in [2.05, 4.69) is 15.3 Å². The van der Waals surface area contributed by atoms with Gasteiger partial charge in [-0.25, -0.2) is 0 Å². The summed E-state index contributed by atoms with van der Waals surface area (Å²) in [5.74, 6) is 0.0828. The van der Waals surface area contributed by atoms with E-state index in [4.69, 9.17) is 0 Å². The standard InChI is InChI=1S/C16H14N2OS/c1-12(19)14-4-2-3-5-15(14)18-10-11-20-16(18)13-6-8-17-9-7-13/h2-11,16H,1H3. The normalized spacial score (nSPS) is 17.4. The molecule has 0 fully saturated rings. The molecule has 1 aliphatic rings. The van der Waals surface area contributed by atoms with Crippen molar-refractivity contribution in [3.8, 4) is 0 Å². The molecule has 3 nitrogen and oxygen atoms in total. The first kappa shape index (κ1) is 12.9. The summed E-state index contributed by atoms with van der Waals surface area (Å²) in [7, 11) is 0. The van der Waals surface area contributed by atoms with Crippen molar-refractivity contribution >= 4 is 23.2 Å². The molecule has 1 aromatic heterocycles. The molecule has 100 valence electrons. The molecule has 0 radical (unpaired) electrons. The molecule has 0 saturated heterocycles. The molecule has 20 heavy (non-hydrogen) atoms. The molecular weight excluding hydrogens is 268 g/mol. The van der Waals surface area contributed by atoms with Crippen LogP contribution in [-0.2, 0) is 0 Å². The second-order valence-corrected chi connectivity index (χ2v) is 5.53. The highest BCUT2D eigenvalue weighted by molar-refractivity contribution is 8.02. The monoisotopic (exact) mass is 282 g/mol. The molecule has 1 aromatic carbocycles. The Morgan fingerprint density at radius 3 is 2.70 bits per heavy atom. The van der Waals surface area contributed by atoms with Crippen LogP contribution in [-0.4, -0.2) is 10.8 Å². The molecule has 1 atom stereocenters. The number of pyridine rings is 1. The summed E-state index contributed by atoms with van der Waals surface area (Å²) in [6.07, 6.45) is 5.62. The lowest BCUT2D eigenvalue weighted by Gasteiger charge is -2.26. The number of benzene rings is 1. The molecule has 4 heteroatoms. The van der Waals surface area contributed by atoms with Crippen LogP contribution < -0.4 is 4.90 Å². The molecule has 1 aliphatic heterocycles. The number of hydrogen-bond donors (Lipinski definition) is 0. The lowest BCUT2D eigenvalue weighted by Crippen LogP contribution is -2.19. The van der Waals surface area contributed by atoms with E-state index in [-0.39, 0.29) is 11.2 Å². The van der Waals surface area contributed by atoms with Gasteiger partial charge in [-0.15, -0.1) is 11.8 Å². The van der Waals surface area contributed by atoms with E-state index >= 15 is 0 Å². The predicted octanol–water partition coefficient (Wildman–Crippen LogP) is 4.01. The van der Waals surface area contributed by atoms with Crippen LogP contribution in [0.2, 0.25) is 0 Å². The first-order valence-electron chi connectivity index (χ1n) is 6.38. The Bertz CT molecular complexity index is 655. The molecule has 0 spiro atoms. The highest BCUT2D eigenvalue weighted by Crippen LogP contribution is 2.42. The zero-order chi connectivity index (χ0) is 13.9. The van der Waals surface area contributed by atoms with Gasteiger partial charge in [0, 0.05) is 24.2 Å². The smallest absolute Gasteiger partial charge is 0.161 e. The van der Waals surface area contributed by atoms with Crippen molar-refractivity contribution in [1.29, 1.82) is 0 Å². The maximum atomic E-state index is 11.8. The average molecular weight is 282 g/mol. The second-order valence-electron chi connectivity index (χ2n) is 4.53. The topological polar surface area (TPSA) is 33.2 Å². The number of rotatable bonds is 3. The highest BCUT2D eigenvalue weighted by Gasteiger charge is 2.25. The molecule has 0 N–H and O–H groups in total. The lowest BCUT2D eigenvalue weighted by molar-refractivity contribution is 0.101. The molecule has 0 amide bonds. The lowest BCUT2D eigenvalue weighted by atomic mass is 10.1. The first-order chi connectivity index (χ1) is 9.77. The molecule has 0 saturated carbocycles. The molecule has 3 rings (SSSR count). The fraction of sp³-hybridized carbons (Fsp3) is 0.125. The summed E-state index contributed by atoms with van der Waals surface area (Å²) >= 11 is 1.73. The molecule has 0 bridgehead atoms. The van der Waals surface area contributed by atoms with Gasteiger partial charge in [0.1, 0.15) is 5.37 Å². The van der Waals surface area contributed by atoms with Gasteiger partial charge < -0.3 is 4.90 Å². The SMILES string of the molecule is CC(=O)c1ccccc1N1C=CSC1c1ccncc1. The van der Waals surface area contributed by atoms with Gasteiger partial charge in [-0.05, 0) is 42.2 Å². The van der Waals surface area contributed by atoms with Crippen molar-refractivity contribution in [3.05, 3.63) is 71.5 Å². The molecular formula is C16H14N2OS. The Morgan fingerprint density at radius 2 is 1.95 bits per heavy atom. The van der Waals surface area contributed by atoms with Gasteiger partial charge in [0.15, 0.2) is 5.78 Å². The van der Waals surface area contributed by atoms with Gasteiger partial charge in [-0.1, -0.05) is 12.1 Å². The number of hydrogen-bond acceptors (Lipinski definition) is 4. The van der Waals surface area contributed by atoms with Crippen LogP contribution in [0.1, 0.15) is 28.2 Å². The summed E-state index contributed by atoms with van der Waals surface area (Å²) in [5, 5.41) is 2.21. The van der Waals surface area contributed by atoms with Crippen molar-refractivity contribution < 1.29 is 4.79 Å². The summed E-state index contributed by atoms with van der Waals surface area (Å²) in [6, 6.07) is 11.7. The third-order valence-corrected chi connectivity index (χ3v) is 4.27. The fourth-order valence-corrected chi connectivity index (χ4v) is 3.27. The van der Waals surface area contributed by atoms with Gasteiger partial charge in [-0.3, -0.25) is 9.78 Å². The zero-order valence-electron chi connectivity index (χ0n) is 11.1. The minimum atomic E-state index is 0.0828. The average Bonchev–Trinajstić information content (AvgIpc) is 2.97. The molecule has 2 heterocycles. The summed E-state index contributed by atoms with van der Waals surface area (Å²) < 4.78 is 0. The minimum absolute atomic E-state index is 0.0828. The van der Waals surface area contributed by atoms with Gasteiger partial charge in [0.25, 0.3) is 0 Å². The Labute approximate surface area is 122 Å². The minimum Gasteiger partial charge on any atom is -0.330 e. The van der Waals surface area contributed by atoms with Crippen LogP contribution in [0.25, 0.3) is 0 Å². The fourth-order valence-electron chi connectivity index (χ4n) is 2.29. The zero-order valence-corrected chi connectivity index (χ0v) is 11.9. The summed E-state index contributed by atoms with van der Waals surface area (Å²) in [6.45, 7) is 1.60. The van der Waals surface area contributed by atoms with Crippen molar-refractivity contribution in [2.45, 2.75) is 12.3 Å². The quantitative estimate of drug-likeness (QED) is 0.796. The Kier molecular flexibility index (Phi) is 3.56. The van der Waals surface area contributed by atoms with Crippen LogP contribution in [0.15, 0.2) is 60.4 Å². The number of ketones is 1. The van der Waals surface area contributed by atoms with E-state index in [1.54, 1.807) is 31.1 Å². The Hall–Kier alpha value is -2.07. The maximum absolute atomic E-state index is 11.8. The number of thioether (sulfide) groups is 1. The van der Waals surface area contributed by atoms with E-state index in [1.165, 1.54) is 5.56 Å². The number of anilines is 1. The van der Waals surface area contributed by atoms with Gasteiger partial charge in [0.05, 0.1) is 5.69 Å². The summed E-state index contributed by atoms with van der Waals surface area (Å²) in [5.41, 5.74) is 2.87. The third-order valence-electron chi connectivity index (χ3n) is 3.23. The number of aromatic nitrogens is 1. The molecule has 0 aliphatic carbocycles. The van der Waals surface area contributed by atoms with Crippen molar-refractivity contribution in [3.63, 3.8) is 0 Å². The van der Waals surface area contributed by atoms with Crippen molar-refractivity contribution in [2.75, 3.05) is 4.90 Å². The highest BCUT2D eigenvalue weighted by atomic mass is 32.2. The number of Topliss-reactive ketones (excluding diaryl/α,β-unsaturated/α-hetero) is 1. The Morgan fingerprint density at radius 1 is 1.20 bits per heavy atom.